The van der Waals surface area contributed by atoms with Crippen LogP contribution in [0.4, 0.5) is 0 Å². The van der Waals surface area contributed by atoms with Crippen LogP contribution < -0.4 is 4.74 Å². The Labute approximate surface area is 109 Å². The second-order valence-corrected chi connectivity index (χ2v) is 4.39. The number of methoxy groups -OCH3 is 1. The summed E-state index contributed by atoms with van der Waals surface area (Å²) < 4.78 is 10.8. The topological polar surface area (TPSA) is 38.7 Å². The molecule has 1 N–H and O–H groups in total. The van der Waals surface area contributed by atoms with Gasteiger partial charge in [0, 0.05) is 12.2 Å². The molecular formula is C15H20O3. The molecule has 0 fully saturated rings. The highest BCUT2D eigenvalue weighted by Gasteiger charge is 2.04. The number of rotatable bonds is 5. The number of aliphatic hydroxyl groups is 1. The van der Waals surface area contributed by atoms with Gasteiger partial charge >= 0.3 is 0 Å². The standard InChI is InChI=1S/C15H20O3/c1-12(2)10-18-11-14-9-15(17-3)7-6-13(14)5-4-8-16/h6-7,9,12,16H,8,10-11H2,1-3H3. The van der Waals surface area contributed by atoms with Crippen LogP contribution in [0.3, 0.4) is 0 Å². The van der Waals surface area contributed by atoms with Crippen LogP contribution in [0, 0.1) is 17.8 Å². The van der Waals surface area contributed by atoms with Crippen LogP contribution in [0.1, 0.15) is 25.0 Å². The predicted molar refractivity (Wildman–Crippen MR) is 71.5 cm³/mol. The van der Waals surface area contributed by atoms with Gasteiger partial charge in [0.1, 0.15) is 12.4 Å². The maximum absolute atomic E-state index is 8.74. The van der Waals surface area contributed by atoms with E-state index in [4.69, 9.17) is 14.6 Å². The van der Waals surface area contributed by atoms with Crippen molar-refractivity contribution in [3.63, 3.8) is 0 Å². The van der Waals surface area contributed by atoms with Crippen molar-refractivity contribution in [3.8, 4) is 17.6 Å². The van der Waals surface area contributed by atoms with Gasteiger partial charge in [0.05, 0.1) is 13.7 Å². The minimum absolute atomic E-state index is 0.141. The van der Waals surface area contributed by atoms with E-state index in [1.807, 2.05) is 18.2 Å². The van der Waals surface area contributed by atoms with E-state index in [-0.39, 0.29) is 6.61 Å². The number of hydrogen-bond donors (Lipinski definition) is 1. The summed E-state index contributed by atoms with van der Waals surface area (Å²) in [7, 11) is 1.63. The highest BCUT2D eigenvalue weighted by Crippen LogP contribution is 2.18. The predicted octanol–water partition coefficient (Wildman–Crippen LogP) is 2.21. The zero-order valence-electron chi connectivity index (χ0n) is 11.2. The van der Waals surface area contributed by atoms with E-state index in [0.29, 0.717) is 19.1 Å². The van der Waals surface area contributed by atoms with Gasteiger partial charge in [-0.1, -0.05) is 25.7 Å². The van der Waals surface area contributed by atoms with Crippen molar-refractivity contribution < 1.29 is 14.6 Å². The van der Waals surface area contributed by atoms with Crippen molar-refractivity contribution in [1.82, 2.24) is 0 Å². The first-order valence-electron chi connectivity index (χ1n) is 6.01. The number of aliphatic hydroxyl groups excluding tert-OH is 1. The molecule has 1 rings (SSSR count). The summed E-state index contributed by atoms with van der Waals surface area (Å²) in [6.45, 7) is 5.29. The molecule has 0 saturated carbocycles. The molecule has 0 heterocycles. The second-order valence-electron chi connectivity index (χ2n) is 4.39. The summed E-state index contributed by atoms with van der Waals surface area (Å²) in [5, 5.41) is 8.74. The SMILES string of the molecule is COc1ccc(C#CCO)c(COCC(C)C)c1. The first-order chi connectivity index (χ1) is 8.67. The van der Waals surface area contributed by atoms with E-state index in [1.165, 1.54) is 0 Å². The molecule has 1 aromatic rings. The zero-order valence-corrected chi connectivity index (χ0v) is 11.2. The monoisotopic (exact) mass is 248 g/mol. The van der Waals surface area contributed by atoms with Gasteiger partial charge in [-0.3, -0.25) is 0 Å². The number of hydrogen-bond acceptors (Lipinski definition) is 3. The molecule has 0 aromatic heterocycles. The molecule has 0 unspecified atom stereocenters. The quantitative estimate of drug-likeness (QED) is 0.812. The minimum Gasteiger partial charge on any atom is -0.497 e. The van der Waals surface area contributed by atoms with Crippen LogP contribution in [0.5, 0.6) is 5.75 Å². The molecule has 0 aliphatic carbocycles. The molecule has 0 atom stereocenters. The fraction of sp³-hybridized carbons (Fsp3) is 0.467. The molecule has 1 aromatic carbocycles. The molecule has 0 spiro atoms. The van der Waals surface area contributed by atoms with Gasteiger partial charge in [-0.05, 0) is 29.7 Å². The lowest BCUT2D eigenvalue weighted by molar-refractivity contribution is 0.0968. The van der Waals surface area contributed by atoms with Gasteiger partial charge < -0.3 is 14.6 Å². The summed E-state index contributed by atoms with van der Waals surface area (Å²) >= 11 is 0. The van der Waals surface area contributed by atoms with Crippen LogP contribution in [0.2, 0.25) is 0 Å². The van der Waals surface area contributed by atoms with Crippen molar-refractivity contribution in [2.45, 2.75) is 20.5 Å². The molecule has 3 heteroatoms. The third-order valence-electron chi connectivity index (χ3n) is 2.32. The van der Waals surface area contributed by atoms with Crippen molar-refractivity contribution in [2.24, 2.45) is 5.92 Å². The lowest BCUT2D eigenvalue weighted by Gasteiger charge is -2.10. The first-order valence-corrected chi connectivity index (χ1v) is 6.01. The number of benzene rings is 1. The normalized spacial score (nSPS) is 10.1. The molecule has 98 valence electrons. The Kier molecular flexibility index (Phi) is 6.27. The zero-order chi connectivity index (χ0) is 13.4. The highest BCUT2D eigenvalue weighted by molar-refractivity contribution is 5.45. The fourth-order valence-corrected chi connectivity index (χ4v) is 1.48. The molecule has 0 bridgehead atoms. The van der Waals surface area contributed by atoms with E-state index < -0.39 is 0 Å². The summed E-state index contributed by atoms with van der Waals surface area (Å²) in [5.74, 6) is 6.85. The lowest BCUT2D eigenvalue weighted by Crippen LogP contribution is -2.03. The molecule has 0 saturated heterocycles. The maximum Gasteiger partial charge on any atom is 0.119 e. The molecular weight excluding hydrogens is 228 g/mol. The molecule has 18 heavy (non-hydrogen) atoms. The van der Waals surface area contributed by atoms with Gasteiger partial charge in [-0.2, -0.15) is 0 Å². The molecule has 0 amide bonds. The Morgan fingerprint density at radius 3 is 2.72 bits per heavy atom. The Morgan fingerprint density at radius 1 is 1.33 bits per heavy atom. The third kappa shape index (κ3) is 4.79. The van der Waals surface area contributed by atoms with Crippen LogP contribution in [-0.2, 0) is 11.3 Å². The van der Waals surface area contributed by atoms with Gasteiger partial charge in [-0.25, -0.2) is 0 Å². The summed E-state index contributed by atoms with van der Waals surface area (Å²) in [5.41, 5.74) is 1.85. The Hall–Kier alpha value is -1.50. The summed E-state index contributed by atoms with van der Waals surface area (Å²) in [6, 6.07) is 5.66. The van der Waals surface area contributed by atoms with Crippen LogP contribution in [0.25, 0.3) is 0 Å². The minimum atomic E-state index is -0.141. The Bertz CT molecular complexity index is 427. The van der Waals surface area contributed by atoms with Crippen molar-refractivity contribution in [3.05, 3.63) is 29.3 Å². The number of ether oxygens (including phenoxy) is 2. The second kappa shape index (κ2) is 7.75. The largest absolute Gasteiger partial charge is 0.497 e. The first kappa shape index (κ1) is 14.6. The highest BCUT2D eigenvalue weighted by atomic mass is 16.5. The van der Waals surface area contributed by atoms with Crippen molar-refractivity contribution >= 4 is 0 Å². The van der Waals surface area contributed by atoms with E-state index >= 15 is 0 Å². The van der Waals surface area contributed by atoms with Gasteiger partial charge in [0.2, 0.25) is 0 Å². The van der Waals surface area contributed by atoms with Gasteiger partial charge in [0.15, 0.2) is 0 Å². The van der Waals surface area contributed by atoms with E-state index in [0.717, 1.165) is 16.9 Å². The van der Waals surface area contributed by atoms with Crippen molar-refractivity contribution in [2.75, 3.05) is 20.3 Å². The van der Waals surface area contributed by atoms with E-state index in [1.54, 1.807) is 7.11 Å². The fourth-order valence-electron chi connectivity index (χ4n) is 1.48. The smallest absolute Gasteiger partial charge is 0.119 e. The lowest BCUT2D eigenvalue weighted by atomic mass is 10.1. The van der Waals surface area contributed by atoms with Crippen LogP contribution >= 0.6 is 0 Å². The van der Waals surface area contributed by atoms with Gasteiger partial charge in [-0.15, -0.1) is 0 Å². The van der Waals surface area contributed by atoms with Crippen molar-refractivity contribution in [1.29, 1.82) is 0 Å². The maximum atomic E-state index is 8.74. The third-order valence-corrected chi connectivity index (χ3v) is 2.32. The molecule has 0 aliphatic rings. The average Bonchev–Trinajstić information content (AvgIpc) is 2.36. The Balaban J connectivity index is 2.82. The summed E-state index contributed by atoms with van der Waals surface area (Å²) in [6.07, 6.45) is 0. The summed E-state index contributed by atoms with van der Waals surface area (Å²) in [4.78, 5) is 0. The van der Waals surface area contributed by atoms with Gasteiger partial charge in [0.25, 0.3) is 0 Å². The van der Waals surface area contributed by atoms with E-state index in [9.17, 15) is 0 Å². The molecule has 0 radical (unpaired) electrons. The molecule has 0 aliphatic heterocycles. The van der Waals surface area contributed by atoms with Crippen LogP contribution in [0.15, 0.2) is 18.2 Å². The van der Waals surface area contributed by atoms with E-state index in [2.05, 4.69) is 25.7 Å². The average molecular weight is 248 g/mol. The van der Waals surface area contributed by atoms with Crippen LogP contribution in [-0.4, -0.2) is 25.4 Å². The molecule has 3 nitrogen and oxygen atoms in total. The Morgan fingerprint density at radius 2 is 2.11 bits per heavy atom.